The molecule has 6 heteroatoms. The Labute approximate surface area is 169 Å². The van der Waals surface area contributed by atoms with Gasteiger partial charge in [-0.25, -0.2) is 0 Å². The van der Waals surface area contributed by atoms with E-state index in [2.05, 4.69) is 22.3 Å². The van der Waals surface area contributed by atoms with E-state index in [0.717, 1.165) is 37.1 Å². The normalized spacial score (nSPS) is 21.9. The van der Waals surface area contributed by atoms with Crippen LogP contribution >= 0.6 is 11.8 Å². The predicted octanol–water partition coefficient (Wildman–Crippen LogP) is 3.04. The molecule has 0 spiro atoms. The van der Waals surface area contributed by atoms with E-state index < -0.39 is 0 Å². The zero-order valence-corrected chi connectivity index (χ0v) is 16.6. The van der Waals surface area contributed by atoms with Crippen molar-refractivity contribution < 1.29 is 9.59 Å². The monoisotopic (exact) mass is 395 g/mol. The molecule has 3 N–H and O–H groups in total. The number of carbonyl (C=O) groups is 2. The number of amides is 2. The molecule has 4 rings (SSSR count). The van der Waals surface area contributed by atoms with E-state index in [1.54, 1.807) is 11.8 Å². The number of piperidine rings is 1. The highest BCUT2D eigenvalue weighted by Crippen LogP contribution is 2.37. The Hall–Kier alpha value is -2.31. The van der Waals surface area contributed by atoms with Crippen LogP contribution in [0.4, 0.5) is 5.69 Å². The summed E-state index contributed by atoms with van der Waals surface area (Å²) >= 11 is 1.63. The van der Waals surface area contributed by atoms with Gasteiger partial charge in [0.15, 0.2) is 0 Å². The fourth-order valence-electron chi connectivity index (χ4n) is 3.99. The van der Waals surface area contributed by atoms with E-state index >= 15 is 0 Å². The molecule has 2 atom stereocenters. The van der Waals surface area contributed by atoms with E-state index in [0.29, 0.717) is 13.1 Å². The Balaban J connectivity index is 1.42. The highest BCUT2D eigenvalue weighted by atomic mass is 32.2. The lowest BCUT2D eigenvalue weighted by molar-refractivity contribution is -0.123. The van der Waals surface area contributed by atoms with Crippen molar-refractivity contribution in [2.75, 3.05) is 18.4 Å². The molecule has 0 aromatic heterocycles. The summed E-state index contributed by atoms with van der Waals surface area (Å²) in [6.07, 6.45) is 2.60. The quantitative estimate of drug-likeness (QED) is 0.816. The van der Waals surface area contributed by atoms with Gasteiger partial charge in [0.25, 0.3) is 0 Å². The maximum absolute atomic E-state index is 12.9. The van der Waals surface area contributed by atoms with Gasteiger partial charge in [-0.15, -0.1) is 11.8 Å². The van der Waals surface area contributed by atoms with Gasteiger partial charge in [-0.1, -0.05) is 36.4 Å². The first-order chi connectivity index (χ1) is 13.6. The van der Waals surface area contributed by atoms with Crippen LogP contribution in [0.3, 0.4) is 0 Å². The van der Waals surface area contributed by atoms with E-state index in [9.17, 15) is 9.59 Å². The largest absolute Gasteiger partial charge is 0.369 e. The number of hydrogen-bond acceptors (Lipinski definition) is 4. The van der Waals surface area contributed by atoms with Crippen molar-refractivity contribution >= 4 is 29.3 Å². The van der Waals surface area contributed by atoms with Crippen molar-refractivity contribution in [3.05, 3.63) is 59.7 Å². The minimum Gasteiger partial charge on any atom is -0.369 e. The minimum absolute atomic E-state index is 0.0438. The summed E-state index contributed by atoms with van der Waals surface area (Å²) in [6, 6.07) is 16.1. The Bertz CT molecular complexity index is 861. The molecular weight excluding hydrogens is 370 g/mol. The van der Waals surface area contributed by atoms with Crippen molar-refractivity contribution in [1.29, 1.82) is 0 Å². The van der Waals surface area contributed by atoms with Gasteiger partial charge in [0.1, 0.15) is 0 Å². The molecule has 2 aliphatic rings. The maximum atomic E-state index is 12.9. The summed E-state index contributed by atoms with van der Waals surface area (Å²) in [5.74, 6) is -0.254. The molecule has 2 unspecified atom stereocenters. The first-order valence-corrected chi connectivity index (χ1v) is 10.6. The van der Waals surface area contributed by atoms with Gasteiger partial charge in [0.05, 0.1) is 11.2 Å². The van der Waals surface area contributed by atoms with E-state index in [-0.39, 0.29) is 23.0 Å². The number of hydrogen-bond donors (Lipinski definition) is 2. The third-order valence-electron chi connectivity index (χ3n) is 5.52. The average Bonchev–Trinajstić information content (AvgIpc) is 3.14. The van der Waals surface area contributed by atoms with Crippen LogP contribution in [0.25, 0.3) is 0 Å². The summed E-state index contributed by atoms with van der Waals surface area (Å²) in [5.41, 5.74) is 8.66. The topological polar surface area (TPSA) is 75.4 Å². The fraction of sp³-hybridized carbons (Fsp3) is 0.364. The van der Waals surface area contributed by atoms with Crippen molar-refractivity contribution in [1.82, 2.24) is 4.90 Å². The molecule has 5 nitrogen and oxygen atoms in total. The minimum atomic E-state index is -0.218. The number of likely N-dealkylation sites (tertiary alicyclic amines) is 1. The lowest BCUT2D eigenvalue weighted by Crippen LogP contribution is -2.40. The first kappa shape index (κ1) is 19.0. The Morgan fingerprint density at radius 3 is 2.75 bits per heavy atom. The lowest BCUT2D eigenvalue weighted by atomic mass is 9.97. The Morgan fingerprint density at radius 2 is 1.93 bits per heavy atom. The van der Waals surface area contributed by atoms with Crippen LogP contribution in [0.1, 0.15) is 24.0 Å². The molecule has 0 radical (unpaired) electrons. The molecule has 2 aliphatic heterocycles. The maximum Gasteiger partial charge on any atom is 0.238 e. The standard InChI is InChI=1S/C22H25N3O2S/c23-21(26)17-8-5-11-25(14-17)13-16-7-1-3-9-18(16)24-22(27)20-12-15-6-2-4-10-19(15)28-20/h1-4,6-7,9-10,17,20H,5,8,11-14H2,(H2,23,26)(H,24,27). The number of anilines is 1. The van der Waals surface area contributed by atoms with Gasteiger partial charge in [0.2, 0.25) is 11.8 Å². The zero-order chi connectivity index (χ0) is 19.5. The number of para-hydroxylation sites is 1. The van der Waals surface area contributed by atoms with Gasteiger partial charge >= 0.3 is 0 Å². The van der Waals surface area contributed by atoms with Crippen LogP contribution in [0.5, 0.6) is 0 Å². The molecule has 0 bridgehead atoms. The molecule has 146 valence electrons. The number of benzene rings is 2. The van der Waals surface area contributed by atoms with Gasteiger partial charge in [-0.3, -0.25) is 14.5 Å². The van der Waals surface area contributed by atoms with Crippen molar-refractivity contribution in [3.8, 4) is 0 Å². The Morgan fingerprint density at radius 1 is 1.14 bits per heavy atom. The number of carbonyl (C=O) groups excluding carboxylic acids is 2. The summed E-state index contributed by atoms with van der Waals surface area (Å²) < 4.78 is 0. The van der Waals surface area contributed by atoms with Crippen molar-refractivity contribution in [3.63, 3.8) is 0 Å². The molecule has 2 aromatic carbocycles. The summed E-state index contributed by atoms with van der Waals surface area (Å²) in [7, 11) is 0. The number of primary amides is 1. The number of rotatable bonds is 5. The number of nitrogens with zero attached hydrogens (tertiary/aromatic N) is 1. The second-order valence-corrected chi connectivity index (χ2v) is 8.79. The number of nitrogens with two attached hydrogens (primary N) is 1. The van der Waals surface area contributed by atoms with Crippen LogP contribution in [0.15, 0.2) is 53.4 Å². The second kappa shape index (κ2) is 8.37. The molecule has 0 aliphatic carbocycles. The van der Waals surface area contributed by atoms with Crippen LogP contribution < -0.4 is 11.1 Å². The van der Waals surface area contributed by atoms with E-state index in [1.807, 2.05) is 36.4 Å². The fourth-order valence-corrected chi connectivity index (χ4v) is 5.19. The molecule has 1 fully saturated rings. The third kappa shape index (κ3) is 4.23. The van der Waals surface area contributed by atoms with Crippen LogP contribution in [-0.4, -0.2) is 35.1 Å². The highest BCUT2D eigenvalue weighted by Gasteiger charge is 2.29. The number of nitrogens with one attached hydrogen (secondary N) is 1. The van der Waals surface area contributed by atoms with Crippen molar-refractivity contribution in [2.45, 2.75) is 36.0 Å². The first-order valence-electron chi connectivity index (χ1n) is 9.75. The average molecular weight is 396 g/mol. The highest BCUT2D eigenvalue weighted by molar-refractivity contribution is 8.01. The smallest absolute Gasteiger partial charge is 0.238 e. The molecule has 1 saturated heterocycles. The molecule has 2 aromatic rings. The molecule has 28 heavy (non-hydrogen) atoms. The van der Waals surface area contributed by atoms with E-state index in [4.69, 9.17) is 5.73 Å². The van der Waals surface area contributed by atoms with Gasteiger partial charge < -0.3 is 11.1 Å². The van der Waals surface area contributed by atoms with Crippen LogP contribution in [0.2, 0.25) is 0 Å². The molecular formula is C22H25N3O2S. The van der Waals surface area contributed by atoms with Crippen LogP contribution in [-0.2, 0) is 22.6 Å². The van der Waals surface area contributed by atoms with Crippen molar-refractivity contribution in [2.24, 2.45) is 11.7 Å². The third-order valence-corrected chi connectivity index (χ3v) is 6.83. The molecule has 0 saturated carbocycles. The predicted molar refractivity (Wildman–Crippen MR) is 112 cm³/mol. The van der Waals surface area contributed by atoms with Gasteiger partial charge in [0, 0.05) is 23.7 Å². The van der Waals surface area contributed by atoms with Gasteiger partial charge in [-0.2, -0.15) is 0 Å². The van der Waals surface area contributed by atoms with E-state index in [1.165, 1.54) is 10.5 Å². The van der Waals surface area contributed by atoms with Crippen LogP contribution in [0, 0.1) is 5.92 Å². The summed E-state index contributed by atoms with van der Waals surface area (Å²) in [4.78, 5) is 27.9. The summed E-state index contributed by atoms with van der Waals surface area (Å²) in [6.45, 7) is 2.34. The zero-order valence-electron chi connectivity index (χ0n) is 15.8. The molecule has 2 amide bonds. The Kier molecular flexibility index (Phi) is 5.69. The summed E-state index contributed by atoms with van der Waals surface area (Å²) in [5, 5.41) is 3.04. The second-order valence-electron chi connectivity index (χ2n) is 7.54. The van der Waals surface area contributed by atoms with Gasteiger partial charge in [-0.05, 0) is 49.1 Å². The molecule has 2 heterocycles. The SMILES string of the molecule is NC(=O)C1CCCN(Cc2ccccc2NC(=O)C2Cc3ccccc3S2)C1. The lowest BCUT2D eigenvalue weighted by Gasteiger charge is -2.31. The number of thioether (sulfide) groups is 1. The number of fused-ring (bicyclic) bond motifs is 1.